The first-order valence-corrected chi connectivity index (χ1v) is 7.59. The first-order chi connectivity index (χ1) is 9.15. The van der Waals surface area contributed by atoms with Crippen LogP contribution in [0.15, 0.2) is 18.2 Å². The molecular weight excluding hydrogens is 237 g/mol. The quantitative estimate of drug-likeness (QED) is 0.836. The number of halogens is 1. The van der Waals surface area contributed by atoms with Crippen LogP contribution in [0.4, 0.5) is 4.39 Å². The summed E-state index contributed by atoms with van der Waals surface area (Å²) >= 11 is 0. The molecule has 0 amide bonds. The summed E-state index contributed by atoms with van der Waals surface area (Å²) in [5.74, 6) is 1.51. The van der Waals surface area contributed by atoms with Crippen molar-refractivity contribution in [1.29, 1.82) is 0 Å². The molecule has 1 aliphatic carbocycles. The first-order valence-electron chi connectivity index (χ1n) is 7.59. The largest absolute Gasteiger partial charge is 0.313 e. The van der Waals surface area contributed by atoms with Crippen LogP contribution in [0.3, 0.4) is 0 Å². The van der Waals surface area contributed by atoms with Gasteiger partial charge in [0.2, 0.25) is 0 Å². The second-order valence-electron chi connectivity index (χ2n) is 5.96. The van der Waals surface area contributed by atoms with Gasteiger partial charge < -0.3 is 5.32 Å². The fourth-order valence-corrected chi connectivity index (χ4v) is 3.47. The van der Waals surface area contributed by atoms with E-state index >= 15 is 0 Å². The molecule has 106 valence electrons. The Kier molecular flexibility index (Phi) is 4.98. The van der Waals surface area contributed by atoms with Gasteiger partial charge in [-0.25, -0.2) is 4.39 Å². The van der Waals surface area contributed by atoms with Crippen molar-refractivity contribution in [1.82, 2.24) is 5.32 Å². The Labute approximate surface area is 116 Å². The van der Waals surface area contributed by atoms with Crippen molar-refractivity contribution in [3.8, 4) is 0 Å². The molecule has 0 saturated heterocycles. The fourth-order valence-electron chi connectivity index (χ4n) is 3.47. The number of aryl methyl sites for hydroxylation is 1. The summed E-state index contributed by atoms with van der Waals surface area (Å²) in [4.78, 5) is 0. The van der Waals surface area contributed by atoms with Crippen LogP contribution in [0.5, 0.6) is 0 Å². The van der Waals surface area contributed by atoms with Crippen LogP contribution in [0, 0.1) is 24.6 Å². The molecule has 0 aliphatic heterocycles. The monoisotopic (exact) mass is 263 g/mol. The van der Waals surface area contributed by atoms with Crippen molar-refractivity contribution < 1.29 is 4.39 Å². The standard InChI is InChI=1S/C17H26FN/c1-4-13-5-7-14(8-6-13)17(19-3)15-9-10-16(18)12(2)11-15/h9-11,13-14,17,19H,4-8H2,1-3H3. The average molecular weight is 263 g/mol. The number of hydrogen-bond donors (Lipinski definition) is 1. The van der Waals surface area contributed by atoms with Crippen molar-refractivity contribution in [3.05, 3.63) is 35.1 Å². The van der Waals surface area contributed by atoms with E-state index < -0.39 is 0 Å². The lowest BCUT2D eigenvalue weighted by Crippen LogP contribution is -2.28. The third-order valence-corrected chi connectivity index (χ3v) is 4.79. The van der Waals surface area contributed by atoms with E-state index in [1.54, 1.807) is 6.07 Å². The smallest absolute Gasteiger partial charge is 0.126 e. The van der Waals surface area contributed by atoms with Crippen LogP contribution in [-0.2, 0) is 0 Å². The Hall–Kier alpha value is -0.890. The molecular formula is C17H26FN. The summed E-state index contributed by atoms with van der Waals surface area (Å²) in [5, 5.41) is 3.45. The lowest BCUT2D eigenvalue weighted by Gasteiger charge is -2.34. The number of benzene rings is 1. The Balaban J connectivity index is 2.09. The molecule has 1 atom stereocenters. The molecule has 2 rings (SSSR count). The molecule has 1 nitrogen and oxygen atoms in total. The Morgan fingerprint density at radius 3 is 2.47 bits per heavy atom. The topological polar surface area (TPSA) is 12.0 Å². The van der Waals surface area contributed by atoms with Gasteiger partial charge in [-0.3, -0.25) is 0 Å². The Morgan fingerprint density at radius 2 is 1.95 bits per heavy atom. The lowest BCUT2D eigenvalue weighted by atomic mass is 9.76. The van der Waals surface area contributed by atoms with E-state index in [0.29, 0.717) is 12.0 Å². The molecule has 1 unspecified atom stereocenters. The van der Waals surface area contributed by atoms with Gasteiger partial charge in [0.05, 0.1) is 0 Å². The van der Waals surface area contributed by atoms with Crippen molar-refractivity contribution in [2.75, 3.05) is 7.05 Å². The van der Waals surface area contributed by atoms with Crippen molar-refractivity contribution in [2.24, 2.45) is 11.8 Å². The summed E-state index contributed by atoms with van der Waals surface area (Å²) in [6.45, 7) is 4.14. The van der Waals surface area contributed by atoms with Crippen molar-refractivity contribution in [3.63, 3.8) is 0 Å². The second kappa shape index (κ2) is 6.51. The molecule has 2 heteroatoms. The molecule has 0 aromatic heterocycles. The van der Waals surface area contributed by atoms with Gasteiger partial charge in [-0.2, -0.15) is 0 Å². The zero-order valence-corrected chi connectivity index (χ0v) is 12.4. The molecule has 1 aromatic carbocycles. The van der Waals surface area contributed by atoms with Crippen molar-refractivity contribution >= 4 is 0 Å². The van der Waals surface area contributed by atoms with Crippen LogP contribution in [0.25, 0.3) is 0 Å². The van der Waals surface area contributed by atoms with Crippen LogP contribution in [-0.4, -0.2) is 7.05 Å². The first kappa shape index (κ1) is 14.5. The minimum atomic E-state index is -0.103. The third kappa shape index (κ3) is 3.36. The molecule has 1 aromatic rings. The van der Waals surface area contributed by atoms with E-state index in [0.717, 1.165) is 11.5 Å². The van der Waals surface area contributed by atoms with Crippen molar-refractivity contribution in [2.45, 2.75) is 52.0 Å². The highest BCUT2D eigenvalue weighted by molar-refractivity contribution is 5.27. The minimum absolute atomic E-state index is 0.103. The van der Waals surface area contributed by atoms with Crippen LogP contribution in [0.1, 0.15) is 56.2 Å². The van der Waals surface area contributed by atoms with Crippen LogP contribution in [0.2, 0.25) is 0 Å². The predicted octanol–water partition coefficient (Wildman–Crippen LogP) is 4.61. The zero-order chi connectivity index (χ0) is 13.8. The summed E-state index contributed by atoms with van der Waals surface area (Å²) in [5.41, 5.74) is 1.99. The third-order valence-electron chi connectivity index (χ3n) is 4.79. The van der Waals surface area contributed by atoms with Gasteiger partial charge in [0.1, 0.15) is 5.82 Å². The van der Waals surface area contributed by atoms with E-state index in [4.69, 9.17) is 0 Å². The van der Waals surface area contributed by atoms with Gasteiger partial charge in [0.15, 0.2) is 0 Å². The van der Waals surface area contributed by atoms with E-state index in [2.05, 4.69) is 12.2 Å². The molecule has 0 radical (unpaired) electrons. The van der Waals surface area contributed by atoms with Crippen LogP contribution < -0.4 is 5.32 Å². The lowest BCUT2D eigenvalue weighted by molar-refractivity contribution is 0.224. The van der Waals surface area contributed by atoms with Gasteiger partial charge in [0, 0.05) is 6.04 Å². The van der Waals surface area contributed by atoms with Gasteiger partial charge in [-0.15, -0.1) is 0 Å². The van der Waals surface area contributed by atoms with E-state index in [9.17, 15) is 4.39 Å². The molecule has 19 heavy (non-hydrogen) atoms. The second-order valence-corrected chi connectivity index (χ2v) is 5.96. The maximum absolute atomic E-state index is 13.4. The fraction of sp³-hybridized carbons (Fsp3) is 0.647. The molecule has 0 spiro atoms. The number of nitrogens with one attached hydrogen (secondary N) is 1. The highest BCUT2D eigenvalue weighted by Gasteiger charge is 2.27. The Morgan fingerprint density at radius 1 is 1.26 bits per heavy atom. The van der Waals surface area contributed by atoms with Crippen LogP contribution >= 0.6 is 0 Å². The van der Waals surface area contributed by atoms with E-state index in [1.807, 2.05) is 26.1 Å². The number of hydrogen-bond acceptors (Lipinski definition) is 1. The number of rotatable bonds is 4. The van der Waals surface area contributed by atoms with Gasteiger partial charge in [-0.05, 0) is 55.8 Å². The molecule has 1 N–H and O–H groups in total. The molecule has 1 saturated carbocycles. The SMILES string of the molecule is CCC1CCC(C(NC)c2ccc(F)c(C)c2)CC1. The molecule has 1 fully saturated rings. The van der Waals surface area contributed by atoms with Gasteiger partial charge in [0.25, 0.3) is 0 Å². The normalized spacial score (nSPS) is 25.3. The molecule has 0 heterocycles. The summed E-state index contributed by atoms with van der Waals surface area (Å²) < 4.78 is 13.4. The maximum atomic E-state index is 13.4. The zero-order valence-electron chi connectivity index (χ0n) is 12.4. The minimum Gasteiger partial charge on any atom is -0.313 e. The van der Waals surface area contributed by atoms with E-state index in [1.165, 1.54) is 37.7 Å². The molecule has 0 bridgehead atoms. The maximum Gasteiger partial charge on any atom is 0.126 e. The highest BCUT2D eigenvalue weighted by atomic mass is 19.1. The summed E-state index contributed by atoms with van der Waals surface area (Å²) in [6.07, 6.45) is 6.59. The van der Waals surface area contributed by atoms with Gasteiger partial charge in [-0.1, -0.05) is 38.3 Å². The van der Waals surface area contributed by atoms with E-state index in [-0.39, 0.29) is 5.82 Å². The molecule has 1 aliphatic rings. The summed E-state index contributed by atoms with van der Waals surface area (Å²) in [6, 6.07) is 5.92. The highest BCUT2D eigenvalue weighted by Crippen LogP contribution is 2.38. The summed E-state index contributed by atoms with van der Waals surface area (Å²) in [7, 11) is 2.02. The Bertz CT molecular complexity index is 408. The average Bonchev–Trinajstić information content (AvgIpc) is 2.44. The predicted molar refractivity (Wildman–Crippen MR) is 78.7 cm³/mol. The van der Waals surface area contributed by atoms with Gasteiger partial charge >= 0.3 is 0 Å².